The van der Waals surface area contributed by atoms with E-state index in [1.54, 1.807) is 12.1 Å². The molecule has 0 fully saturated rings. The monoisotopic (exact) mass is 254 g/mol. The van der Waals surface area contributed by atoms with Crippen LogP contribution < -0.4 is 5.73 Å². The first kappa shape index (κ1) is 9.40. The van der Waals surface area contributed by atoms with Crippen molar-refractivity contribution in [1.82, 2.24) is 4.98 Å². The molecule has 0 spiro atoms. The highest BCUT2D eigenvalue weighted by molar-refractivity contribution is 9.10. The Morgan fingerprint density at radius 3 is 2.79 bits per heavy atom. The van der Waals surface area contributed by atoms with Crippen molar-refractivity contribution in [3.05, 3.63) is 34.1 Å². The second-order valence-corrected chi connectivity index (χ2v) is 4.02. The Kier molecular flexibility index (Phi) is 2.15. The van der Waals surface area contributed by atoms with Crippen LogP contribution in [0.3, 0.4) is 0 Å². The Hall–Kier alpha value is -1.16. The number of halogens is 2. The molecular weight excluding hydrogens is 247 g/mol. The molecule has 0 bridgehead atoms. The molecule has 0 radical (unpaired) electrons. The molecule has 0 saturated heterocycles. The van der Waals surface area contributed by atoms with Gasteiger partial charge in [0.15, 0.2) is 0 Å². The number of nitrogens with zero attached hydrogens (tertiary/aromatic N) is 1. The number of aryl methyl sites for hydroxylation is 1. The number of fused-ring (bicyclic) bond motifs is 1. The third kappa shape index (κ3) is 1.46. The van der Waals surface area contributed by atoms with Crippen LogP contribution in [0.2, 0.25) is 0 Å². The van der Waals surface area contributed by atoms with Crippen LogP contribution in [0.5, 0.6) is 0 Å². The number of anilines is 1. The van der Waals surface area contributed by atoms with Crippen LogP contribution in [0.1, 0.15) is 5.56 Å². The first-order valence-electron chi connectivity index (χ1n) is 4.10. The third-order valence-corrected chi connectivity index (χ3v) is 2.64. The van der Waals surface area contributed by atoms with Gasteiger partial charge in [0.2, 0.25) is 0 Å². The number of pyridine rings is 1. The van der Waals surface area contributed by atoms with E-state index in [9.17, 15) is 4.39 Å². The Labute approximate surface area is 89.1 Å². The fourth-order valence-corrected chi connectivity index (χ4v) is 1.67. The quantitative estimate of drug-likeness (QED) is 0.785. The van der Waals surface area contributed by atoms with E-state index in [-0.39, 0.29) is 5.82 Å². The van der Waals surface area contributed by atoms with Crippen molar-refractivity contribution in [2.24, 2.45) is 0 Å². The van der Waals surface area contributed by atoms with Crippen LogP contribution in [-0.2, 0) is 0 Å². The van der Waals surface area contributed by atoms with Crippen LogP contribution in [0.4, 0.5) is 10.2 Å². The topological polar surface area (TPSA) is 38.9 Å². The smallest absolute Gasteiger partial charge is 0.138 e. The van der Waals surface area contributed by atoms with Gasteiger partial charge < -0.3 is 5.73 Å². The molecule has 0 atom stereocenters. The van der Waals surface area contributed by atoms with Gasteiger partial charge in [-0.3, -0.25) is 0 Å². The van der Waals surface area contributed by atoms with Gasteiger partial charge >= 0.3 is 0 Å². The molecule has 0 aliphatic carbocycles. The lowest BCUT2D eigenvalue weighted by Crippen LogP contribution is -1.94. The summed E-state index contributed by atoms with van der Waals surface area (Å²) in [6.45, 7) is 1.82. The number of nitrogens with two attached hydrogens (primary N) is 1. The molecule has 2 nitrogen and oxygen atoms in total. The van der Waals surface area contributed by atoms with E-state index in [0.29, 0.717) is 21.2 Å². The fraction of sp³-hybridized carbons (Fsp3) is 0.100. The SMILES string of the molecule is Cc1cc(F)c2cc(Br)c(N)nc2c1. The van der Waals surface area contributed by atoms with Gasteiger partial charge in [-0.15, -0.1) is 0 Å². The molecule has 72 valence electrons. The van der Waals surface area contributed by atoms with Gasteiger partial charge in [-0.25, -0.2) is 9.37 Å². The van der Waals surface area contributed by atoms with Gasteiger partial charge in [-0.2, -0.15) is 0 Å². The van der Waals surface area contributed by atoms with Crippen molar-refractivity contribution in [2.45, 2.75) is 6.92 Å². The number of nitrogen functional groups attached to an aromatic ring is 1. The number of hydrogen-bond donors (Lipinski definition) is 1. The first-order valence-corrected chi connectivity index (χ1v) is 4.89. The van der Waals surface area contributed by atoms with Gasteiger partial charge in [-0.1, -0.05) is 0 Å². The van der Waals surface area contributed by atoms with E-state index >= 15 is 0 Å². The Morgan fingerprint density at radius 1 is 1.36 bits per heavy atom. The summed E-state index contributed by atoms with van der Waals surface area (Å²) < 4.78 is 14.1. The Morgan fingerprint density at radius 2 is 2.07 bits per heavy atom. The number of aromatic nitrogens is 1. The van der Waals surface area contributed by atoms with Crippen molar-refractivity contribution >= 4 is 32.7 Å². The van der Waals surface area contributed by atoms with Crippen LogP contribution >= 0.6 is 15.9 Å². The van der Waals surface area contributed by atoms with Gasteiger partial charge in [-0.05, 0) is 46.6 Å². The number of hydrogen-bond acceptors (Lipinski definition) is 2. The molecule has 0 unspecified atom stereocenters. The molecule has 1 heterocycles. The predicted molar refractivity (Wildman–Crippen MR) is 58.6 cm³/mol. The lowest BCUT2D eigenvalue weighted by Gasteiger charge is -2.03. The zero-order chi connectivity index (χ0) is 10.3. The van der Waals surface area contributed by atoms with Crippen molar-refractivity contribution in [1.29, 1.82) is 0 Å². The van der Waals surface area contributed by atoms with Gasteiger partial charge in [0.1, 0.15) is 11.6 Å². The third-order valence-electron chi connectivity index (χ3n) is 2.01. The summed E-state index contributed by atoms with van der Waals surface area (Å²) in [6, 6.07) is 4.93. The van der Waals surface area contributed by atoms with Crippen molar-refractivity contribution < 1.29 is 4.39 Å². The summed E-state index contributed by atoms with van der Waals surface area (Å²) >= 11 is 3.21. The van der Waals surface area contributed by atoms with Crippen LogP contribution in [0, 0.1) is 12.7 Å². The van der Waals surface area contributed by atoms with Crippen LogP contribution in [0.15, 0.2) is 22.7 Å². The minimum Gasteiger partial charge on any atom is -0.383 e. The van der Waals surface area contributed by atoms with Gasteiger partial charge in [0.25, 0.3) is 0 Å². The molecular formula is C10H8BrFN2. The summed E-state index contributed by atoms with van der Waals surface area (Å²) in [6.07, 6.45) is 0. The highest BCUT2D eigenvalue weighted by Gasteiger charge is 2.06. The average Bonchev–Trinajstić information content (AvgIpc) is 2.08. The summed E-state index contributed by atoms with van der Waals surface area (Å²) in [5.74, 6) is 0.107. The zero-order valence-corrected chi connectivity index (χ0v) is 9.10. The maximum Gasteiger partial charge on any atom is 0.138 e. The van der Waals surface area contributed by atoms with E-state index in [0.717, 1.165) is 5.56 Å². The highest BCUT2D eigenvalue weighted by atomic mass is 79.9. The van der Waals surface area contributed by atoms with Crippen LogP contribution in [0.25, 0.3) is 10.9 Å². The molecule has 0 aliphatic rings. The average molecular weight is 255 g/mol. The molecule has 1 aromatic heterocycles. The van der Waals surface area contributed by atoms with Crippen LogP contribution in [-0.4, -0.2) is 4.98 Å². The molecule has 4 heteroatoms. The standard InChI is InChI=1S/C10H8BrFN2/c1-5-2-8(12)6-4-7(11)10(13)14-9(6)3-5/h2-4H,1H3,(H2,13,14). The maximum absolute atomic E-state index is 13.5. The molecule has 1 aromatic carbocycles. The molecule has 2 rings (SSSR count). The summed E-state index contributed by atoms with van der Waals surface area (Å²) in [5, 5.41) is 0.483. The van der Waals surface area contributed by atoms with Gasteiger partial charge in [0, 0.05) is 5.39 Å². The van der Waals surface area contributed by atoms with E-state index in [4.69, 9.17) is 5.73 Å². The van der Waals surface area contributed by atoms with Crippen molar-refractivity contribution in [2.75, 3.05) is 5.73 Å². The summed E-state index contributed by atoms with van der Waals surface area (Å²) in [7, 11) is 0. The molecule has 2 aromatic rings. The Bertz CT molecular complexity index is 511. The lowest BCUT2D eigenvalue weighted by atomic mass is 10.1. The second kappa shape index (κ2) is 3.20. The number of rotatable bonds is 0. The molecule has 14 heavy (non-hydrogen) atoms. The highest BCUT2D eigenvalue weighted by Crippen LogP contribution is 2.25. The minimum atomic E-state index is -0.270. The van der Waals surface area contributed by atoms with E-state index in [1.165, 1.54) is 6.07 Å². The molecule has 0 aliphatic heterocycles. The van der Waals surface area contributed by atoms with Crippen molar-refractivity contribution in [3.8, 4) is 0 Å². The van der Waals surface area contributed by atoms with Crippen molar-refractivity contribution in [3.63, 3.8) is 0 Å². The summed E-state index contributed by atoms with van der Waals surface area (Å²) in [4.78, 5) is 4.09. The first-order chi connectivity index (χ1) is 6.58. The minimum absolute atomic E-state index is 0.270. The maximum atomic E-state index is 13.5. The second-order valence-electron chi connectivity index (χ2n) is 3.17. The largest absolute Gasteiger partial charge is 0.383 e. The molecule has 0 amide bonds. The Balaban J connectivity index is 2.89. The zero-order valence-electron chi connectivity index (χ0n) is 7.51. The lowest BCUT2D eigenvalue weighted by molar-refractivity contribution is 0.638. The van der Waals surface area contributed by atoms with E-state index < -0.39 is 0 Å². The van der Waals surface area contributed by atoms with E-state index in [1.807, 2.05) is 6.92 Å². The van der Waals surface area contributed by atoms with E-state index in [2.05, 4.69) is 20.9 Å². The number of benzene rings is 1. The van der Waals surface area contributed by atoms with Gasteiger partial charge in [0.05, 0.1) is 9.99 Å². The fourth-order valence-electron chi connectivity index (χ4n) is 1.35. The molecule has 2 N–H and O–H groups in total. The summed E-state index contributed by atoms with van der Waals surface area (Å²) in [5.41, 5.74) is 7.03. The molecule has 0 saturated carbocycles. The normalized spacial score (nSPS) is 10.8. The predicted octanol–water partition coefficient (Wildman–Crippen LogP) is 3.03.